The first-order chi connectivity index (χ1) is 6.24. The Labute approximate surface area is 87.4 Å². The van der Waals surface area contributed by atoms with Gasteiger partial charge in [-0.3, -0.25) is 0 Å². The topological polar surface area (TPSA) is 54.4 Å². The molecule has 2 atom stereocenters. The third-order valence-corrected chi connectivity index (χ3v) is 3.56. The van der Waals surface area contributed by atoms with Gasteiger partial charge in [0.2, 0.25) is 0 Å². The van der Waals surface area contributed by atoms with Crippen LogP contribution in [0, 0.1) is 11.8 Å². The Morgan fingerprint density at radius 3 is 2.00 bits per heavy atom. The van der Waals surface area contributed by atoms with E-state index in [0.717, 1.165) is 6.42 Å². The Bertz CT molecular complexity index is 234. The molecule has 0 radical (unpaired) electrons. The van der Waals surface area contributed by atoms with E-state index in [1.807, 2.05) is 0 Å². The van der Waals surface area contributed by atoms with E-state index in [4.69, 9.17) is 0 Å². The number of sulfone groups is 1. The molecule has 0 aromatic rings. The third-order valence-electron chi connectivity index (χ3n) is 2.53. The van der Waals surface area contributed by atoms with Gasteiger partial charge in [-0.15, -0.1) is 0 Å². The number of hydrogen-bond acceptors (Lipinski definition) is 3. The van der Waals surface area contributed by atoms with Gasteiger partial charge in [0.05, 0.1) is 6.10 Å². The molecule has 0 aliphatic carbocycles. The van der Waals surface area contributed by atoms with Crippen LogP contribution in [0.15, 0.2) is 0 Å². The molecule has 0 aromatic carbocycles. The van der Waals surface area contributed by atoms with Gasteiger partial charge in [-0.2, -0.15) is 0 Å². The molecule has 3 nitrogen and oxygen atoms in total. The van der Waals surface area contributed by atoms with Crippen LogP contribution in [-0.2, 0) is 9.84 Å². The molecule has 14 heavy (non-hydrogen) atoms. The highest BCUT2D eigenvalue weighted by Gasteiger charge is 2.18. The minimum Gasteiger partial charge on any atom is -0.393 e. The Morgan fingerprint density at radius 1 is 1.21 bits per heavy atom. The minimum absolute atomic E-state index is 0.205. The van der Waals surface area contributed by atoms with Crippen LogP contribution in [0.5, 0.6) is 0 Å². The largest absolute Gasteiger partial charge is 0.393 e. The van der Waals surface area contributed by atoms with Crippen LogP contribution in [0.3, 0.4) is 0 Å². The van der Waals surface area contributed by atoms with Crippen LogP contribution in [-0.4, -0.2) is 31.6 Å². The van der Waals surface area contributed by atoms with Crippen LogP contribution in [0.25, 0.3) is 0 Å². The van der Waals surface area contributed by atoms with Crippen molar-refractivity contribution in [2.24, 2.45) is 11.8 Å². The van der Waals surface area contributed by atoms with Crippen molar-refractivity contribution >= 4 is 9.84 Å². The lowest BCUT2D eigenvalue weighted by Crippen LogP contribution is -2.23. The SMILES string of the molecule is CC(C)C(CCCS(C)(=O)=O)C(C)O. The molecule has 0 amide bonds. The molecule has 86 valence electrons. The zero-order valence-electron chi connectivity index (χ0n) is 9.53. The lowest BCUT2D eigenvalue weighted by Gasteiger charge is -2.23. The molecule has 0 heterocycles. The number of rotatable bonds is 6. The van der Waals surface area contributed by atoms with Crippen LogP contribution in [0.1, 0.15) is 33.6 Å². The maximum atomic E-state index is 10.9. The Balaban J connectivity index is 3.96. The van der Waals surface area contributed by atoms with E-state index < -0.39 is 9.84 Å². The van der Waals surface area contributed by atoms with Crippen LogP contribution < -0.4 is 0 Å². The van der Waals surface area contributed by atoms with E-state index in [-0.39, 0.29) is 17.8 Å². The van der Waals surface area contributed by atoms with Gasteiger partial charge in [0.15, 0.2) is 0 Å². The third kappa shape index (κ3) is 6.38. The molecule has 0 fully saturated rings. The lowest BCUT2D eigenvalue weighted by molar-refractivity contribution is 0.0915. The van der Waals surface area contributed by atoms with Crippen molar-refractivity contribution in [3.05, 3.63) is 0 Å². The summed E-state index contributed by atoms with van der Waals surface area (Å²) in [5, 5.41) is 9.46. The van der Waals surface area contributed by atoms with E-state index in [1.54, 1.807) is 6.92 Å². The van der Waals surface area contributed by atoms with Gasteiger partial charge in [0, 0.05) is 12.0 Å². The van der Waals surface area contributed by atoms with Gasteiger partial charge in [-0.1, -0.05) is 13.8 Å². The molecule has 0 aliphatic rings. The monoisotopic (exact) mass is 222 g/mol. The molecular formula is C10H22O3S. The summed E-state index contributed by atoms with van der Waals surface area (Å²) in [4.78, 5) is 0. The summed E-state index contributed by atoms with van der Waals surface area (Å²) in [6.07, 6.45) is 2.32. The highest BCUT2D eigenvalue weighted by Crippen LogP contribution is 2.21. The van der Waals surface area contributed by atoms with Gasteiger partial charge in [0.1, 0.15) is 9.84 Å². The first-order valence-corrected chi connectivity index (χ1v) is 7.16. The van der Waals surface area contributed by atoms with Crippen molar-refractivity contribution in [2.45, 2.75) is 39.7 Å². The van der Waals surface area contributed by atoms with E-state index in [1.165, 1.54) is 6.26 Å². The standard InChI is InChI=1S/C10H22O3S/c1-8(2)10(9(3)11)6-5-7-14(4,12)13/h8-11H,5-7H2,1-4H3. The predicted molar refractivity (Wildman–Crippen MR) is 59.0 cm³/mol. The first kappa shape index (κ1) is 13.9. The van der Waals surface area contributed by atoms with E-state index in [2.05, 4.69) is 13.8 Å². The van der Waals surface area contributed by atoms with Crippen LogP contribution in [0.2, 0.25) is 0 Å². The number of aliphatic hydroxyl groups is 1. The average Bonchev–Trinajstić information content (AvgIpc) is 1.94. The second kappa shape index (κ2) is 5.71. The van der Waals surface area contributed by atoms with Gasteiger partial charge >= 0.3 is 0 Å². The molecule has 0 saturated heterocycles. The summed E-state index contributed by atoms with van der Waals surface area (Å²) in [7, 11) is -2.85. The van der Waals surface area contributed by atoms with E-state index >= 15 is 0 Å². The molecule has 0 aliphatic heterocycles. The molecule has 2 unspecified atom stereocenters. The second-order valence-electron chi connectivity index (χ2n) is 4.42. The molecule has 0 aromatic heterocycles. The number of hydrogen-bond donors (Lipinski definition) is 1. The summed E-state index contributed by atoms with van der Waals surface area (Å²) in [5.74, 6) is 0.828. The quantitative estimate of drug-likeness (QED) is 0.740. The van der Waals surface area contributed by atoms with Gasteiger partial charge in [-0.05, 0) is 31.6 Å². The number of aliphatic hydroxyl groups excluding tert-OH is 1. The van der Waals surface area contributed by atoms with Crippen molar-refractivity contribution in [1.29, 1.82) is 0 Å². The van der Waals surface area contributed by atoms with Crippen molar-refractivity contribution in [3.8, 4) is 0 Å². The van der Waals surface area contributed by atoms with E-state index in [0.29, 0.717) is 12.3 Å². The van der Waals surface area contributed by atoms with Crippen molar-refractivity contribution in [3.63, 3.8) is 0 Å². The predicted octanol–water partition coefficient (Wildman–Crippen LogP) is 1.46. The minimum atomic E-state index is -2.85. The van der Waals surface area contributed by atoms with E-state index in [9.17, 15) is 13.5 Å². The fourth-order valence-electron chi connectivity index (χ4n) is 1.71. The fraction of sp³-hybridized carbons (Fsp3) is 1.00. The molecule has 0 saturated carbocycles. The van der Waals surface area contributed by atoms with Crippen molar-refractivity contribution < 1.29 is 13.5 Å². The maximum absolute atomic E-state index is 10.9. The van der Waals surface area contributed by atoms with Gasteiger partial charge < -0.3 is 5.11 Å². The zero-order chi connectivity index (χ0) is 11.4. The summed E-state index contributed by atoms with van der Waals surface area (Å²) >= 11 is 0. The molecule has 0 spiro atoms. The smallest absolute Gasteiger partial charge is 0.147 e. The fourth-order valence-corrected chi connectivity index (χ4v) is 2.40. The molecule has 1 N–H and O–H groups in total. The summed E-state index contributed by atoms with van der Waals surface area (Å²) in [6.45, 7) is 5.88. The average molecular weight is 222 g/mol. The maximum Gasteiger partial charge on any atom is 0.147 e. The highest BCUT2D eigenvalue weighted by molar-refractivity contribution is 7.90. The second-order valence-corrected chi connectivity index (χ2v) is 6.68. The van der Waals surface area contributed by atoms with Crippen LogP contribution >= 0.6 is 0 Å². The van der Waals surface area contributed by atoms with Crippen molar-refractivity contribution in [2.75, 3.05) is 12.0 Å². The van der Waals surface area contributed by atoms with Gasteiger partial charge in [-0.25, -0.2) is 8.42 Å². The Kier molecular flexibility index (Phi) is 5.67. The Morgan fingerprint density at radius 2 is 1.71 bits per heavy atom. The molecule has 0 bridgehead atoms. The summed E-state index contributed by atoms with van der Waals surface area (Å²) < 4.78 is 21.8. The molecule has 0 rings (SSSR count). The zero-order valence-corrected chi connectivity index (χ0v) is 10.3. The first-order valence-electron chi connectivity index (χ1n) is 5.10. The molecule has 4 heteroatoms. The molecular weight excluding hydrogens is 200 g/mol. The van der Waals surface area contributed by atoms with Crippen LogP contribution in [0.4, 0.5) is 0 Å². The van der Waals surface area contributed by atoms with Crippen molar-refractivity contribution in [1.82, 2.24) is 0 Å². The summed E-state index contributed by atoms with van der Waals surface area (Å²) in [6, 6.07) is 0. The van der Waals surface area contributed by atoms with Gasteiger partial charge in [0.25, 0.3) is 0 Å². The lowest BCUT2D eigenvalue weighted by atomic mass is 9.87. The Hall–Kier alpha value is -0.0900. The highest BCUT2D eigenvalue weighted by atomic mass is 32.2. The normalized spacial score (nSPS) is 17.0. The summed E-state index contributed by atoms with van der Waals surface area (Å²) in [5.41, 5.74) is 0.